The SMILES string of the molecule is O=S(=O)(c1ccc2ccccc2c1)N1CC[C@](O)(c2cn[nH]n2)C1. The maximum atomic E-state index is 12.9. The van der Waals surface area contributed by atoms with Gasteiger partial charge in [0.15, 0.2) is 0 Å². The van der Waals surface area contributed by atoms with Crippen molar-refractivity contribution < 1.29 is 13.5 Å². The van der Waals surface area contributed by atoms with Gasteiger partial charge in [-0.05, 0) is 29.3 Å². The lowest BCUT2D eigenvalue weighted by Crippen LogP contribution is -2.34. The summed E-state index contributed by atoms with van der Waals surface area (Å²) < 4.78 is 27.1. The van der Waals surface area contributed by atoms with Gasteiger partial charge in [0.1, 0.15) is 11.3 Å². The zero-order valence-corrected chi connectivity index (χ0v) is 13.6. The third kappa shape index (κ3) is 2.39. The molecule has 8 heteroatoms. The van der Waals surface area contributed by atoms with E-state index in [0.717, 1.165) is 10.8 Å². The van der Waals surface area contributed by atoms with Gasteiger partial charge >= 0.3 is 0 Å². The standard InChI is InChI=1S/C16H16N4O3S/c21-16(15-10-17-19-18-15)7-8-20(11-16)24(22,23)14-6-5-12-3-1-2-4-13(12)9-14/h1-6,9-10,21H,7-8,11H2,(H,17,18,19)/t16-/m1/s1. The summed E-state index contributed by atoms with van der Waals surface area (Å²) in [4.78, 5) is 0.227. The van der Waals surface area contributed by atoms with Gasteiger partial charge in [-0.2, -0.15) is 19.7 Å². The molecule has 0 saturated carbocycles. The van der Waals surface area contributed by atoms with E-state index in [1.165, 1.54) is 10.5 Å². The lowest BCUT2D eigenvalue weighted by molar-refractivity contribution is 0.0485. The van der Waals surface area contributed by atoms with Crippen LogP contribution in [0.2, 0.25) is 0 Å². The Morgan fingerprint density at radius 1 is 1.17 bits per heavy atom. The van der Waals surface area contributed by atoms with E-state index in [4.69, 9.17) is 0 Å². The van der Waals surface area contributed by atoms with Gasteiger partial charge in [0.2, 0.25) is 10.0 Å². The molecule has 0 unspecified atom stereocenters. The molecule has 3 aromatic rings. The Hall–Kier alpha value is -2.29. The highest BCUT2D eigenvalue weighted by Crippen LogP contribution is 2.34. The summed E-state index contributed by atoms with van der Waals surface area (Å²) in [7, 11) is -3.68. The molecule has 0 aliphatic carbocycles. The second-order valence-corrected chi connectivity index (χ2v) is 7.92. The number of H-pyrrole nitrogens is 1. The Bertz CT molecular complexity index is 987. The minimum Gasteiger partial charge on any atom is -0.382 e. The highest BCUT2D eigenvalue weighted by molar-refractivity contribution is 7.89. The van der Waals surface area contributed by atoms with Crippen molar-refractivity contribution in [3.8, 4) is 0 Å². The first-order valence-corrected chi connectivity index (χ1v) is 9.01. The highest BCUT2D eigenvalue weighted by atomic mass is 32.2. The maximum absolute atomic E-state index is 12.9. The van der Waals surface area contributed by atoms with E-state index >= 15 is 0 Å². The fraction of sp³-hybridized carbons (Fsp3) is 0.250. The van der Waals surface area contributed by atoms with Crippen LogP contribution in [0, 0.1) is 0 Å². The van der Waals surface area contributed by atoms with Crippen LogP contribution in [0.15, 0.2) is 53.6 Å². The number of nitrogens with one attached hydrogen (secondary N) is 1. The number of aliphatic hydroxyl groups is 1. The van der Waals surface area contributed by atoms with E-state index in [0.29, 0.717) is 5.69 Å². The third-order valence-corrected chi connectivity index (χ3v) is 6.30. The number of nitrogens with zero attached hydrogens (tertiary/aromatic N) is 3. The first kappa shape index (κ1) is 15.3. The molecular formula is C16H16N4O3S. The van der Waals surface area contributed by atoms with E-state index < -0.39 is 15.6 Å². The summed E-state index contributed by atoms with van der Waals surface area (Å²) in [6, 6.07) is 12.7. The van der Waals surface area contributed by atoms with Crippen molar-refractivity contribution in [1.82, 2.24) is 19.7 Å². The Morgan fingerprint density at radius 3 is 2.71 bits per heavy atom. The average Bonchev–Trinajstić information content (AvgIpc) is 3.25. The van der Waals surface area contributed by atoms with E-state index in [9.17, 15) is 13.5 Å². The molecule has 0 amide bonds. The number of fused-ring (bicyclic) bond motifs is 1. The summed E-state index contributed by atoms with van der Waals surface area (Å²) in [5.41, 5.74) is -0.949. The minimum absolute atomic E-state index is 0.0330. The van der Waals surface area contributed by atoms with Gasteiger partial charge < -0.3 is 5.11 Å². The zero-order valence-electron chi connectivity index (χ0n) is 12.8. The van der Waals surface area contributed by atoms with Crippen molar-refractivity contribution in [3.05, 3.63) is 54.4 Å². The van der Waals surface area contributed by atoms with Gasteiger partial charge in [-0.3, -0.25) is 0 Å². The van der Waals surface area contributed by atoms with E-state index in [1.807, 2.05) is 24.3 Å². The normalized spacial score (nSPS) is 22.2. The summed E-state index contributed by atoms with van der Waals surface area (Å²) in [6.07, 6.45) is 1.71. The van der Waals surface area contributed by atoms with Gasteiger partial charge in [-0.25, -0.2) is 8.42 Å². The van der Waals surface area contributed by atoms with Gasteiger partial charge in [-0.15, -0.1) is 0 Å². The second kappa shape index (κ2) is 5.37. The van der Waals surface area contributed by atoms with Gasteiger partial charge in [0, 0.05) is 13.1 Å². The first-order valence-electron chi connectivity index (χ1n) is 7.57. The average molecular weight is 344 g/mol. The number of β-amino-alcohol motifs (C(OH)–C–C–N with tert-alkyl or cyclic N) is 1. The van der Waals surface area contributed by atoms with Crippen LogP contribution in [0.1, 0.15) is 12.1 Å². The molecule has 1 atom stereocenters. The summed E-state index contributed by atoms with van der Waals surface area (Å²) >= 11 is 0. The van der Waals surface area contributed by atoms with Crippen molar-refractivity contribution in [2.45, 2.75) is 16.9 Å². The van der Waals surface area contributed by atoms with Crippen LogP contribution < -0.4 is 0 Å². The van der Waals surface area contributed by atoms with E-state index in [-0.39, 0.29) is 24.4 Å². The highest BCUT2D eigenvalue weighted by Gasteiger charge is 2.44. The quantitative estimate of drug-likeness (QED) is 0.745. The fourth-order valence-electron chi connectivity index (χ4n) is 3.08. The van der Waals surface area contributed by atoms with Crippen molar-refractivity contribution in [2.75, 3.05) is 13.1 Å². The van der Waals surface area contributed by atoms with Crippen LogP contribution in [0.4, 0.5) is 0 Å². The lowest BCUT2D eigenvalue weighted by Gasteiger charge is -2.21. The number of aromatic amines is 1. The summed E-state index contributed by atoms with van der Waals surface area (Å²) in [5.74, 6) is 0. The van der Waals surface area contributed by atoms with Gasteiger partial charge in [0.25, 0.3) is 0 Å². The van der Waals surface area contributed by atoms with Gasteiger partial charge in [-0.1, -0.05) is 30.3 Å². The Balaban J connectivity index is 1.67. The molecule has 0 bridgehead atoms. The number of benzene rings is 2. The summed E-state index contributed by atoms with van der Waals surface area (Å²) in [5, 5.41) is 22.6. The van der Waals surface area contributed by atoms with Crippen LogP contribution in [-0.2, 0) is 15.6 Å². The number of aromatic nitrogens is 3. The predicted octanol–water partition coefficient (Wildman–Crippen LogP) is 1.24. The van der Waals surface area contributed by atoms with E-state index in [2.05, 4.69) is 15.4 Å². The number of hydrogen-bond donors (Lipinski definition) is 2. The summed E-state index contributed by atoms with van der Waals surface area (Å²) in [6.45, 7) is 0.202. The van der Waals surface area contributed by atoms with E-state index in [1.54, 1.807) is 18.2 Å². The molecule has 1 saturated heterocycles. The zero-order chi connectivity index (χ0) is 16.8. The molecule has 1 aromatic heterocycles. The number of hydrogen-bond acceptors (Lipinski definition) is 5. The smallest absolute Gasteiger partial charge is 0.243 e. The molecule has 2 heterocycles. The molecule has 124 valence electrons. The molecule has 1 aliphatic rings. The van der Waals surface area contributed by atoms with Crippen LogP contribution in [0.25, 0.3) is 10.8 Å². The van der Waals surface area contributed by atoms with Gasteiger partial charge in [0.05, 0.1) is 11.1 Å². The lowest BCUT2D eigenvalue weighted by atomic mass is 10.0. The topological polar surface area (TPSA) is 99.2 Å². The molecule has 24 heavy (non-hydrogen) atoms. The van der Waals surface area contributed by atoms with Crippen molar-refractivity contribution in [2.24, 2.45) is 0 Å². The molecule has 0 spiro atoms. The van der Waals surface area contributed by atoms with Crippen molar-refractivity contribution in [3.63, 3.8) is 0 Å². The first-order chi connectivity index (χ1) is 11.5. The largest absolute Gasteiger partial charge is 0.382 e. The molecule has 2 N–H and O–H groups in total. The molecule has 0 radical (unpaired) electrons. The van der Waals surface area contributed by atoms with Crippen LogP contribution in [0.3, 0.4) is 0 Å². The second-order valence-electron chi connectivity index (χ2n) is 5.98. The molecule has 2 aromatic carbocycles. The Morgan fingerprint density at radius 2 is 1.96 bits per heavy atom. The number of rotatable bonds is 3. The molecule has 1 aliphatic heterocycles. The maximum Gasteiger partial charge on any atom is 0.243 e. The van der Waals surface area contributed by atoms with Crippen LogP contribution >= 0.6 is 0 Å². The Kier molecular flexibility index (Phi) is 3.41. The monoisotopic (exact) mass is 344 g/mol. The van der Waals surface area contributed by atoms with Crippen molar-refractivity contribution >= 4 is 20.8 Å². The van der Waals surface area contributed by atoms with Crippen molar-refractivity contribution in [1.29, 1.82) is 0 Å². The molecule has 4 rings (SSSR count). The van der Waals surface area contributed by atoms with Crippen LogP contribution in [0.5, 0.6) is 0 Å². The molecular weight excluding hydrogens is 328 g/mol. The van der Waals surface area contributed by atoms with Crippen LogP contribution in [-0.4, -0.2) is 46.3 Å². The number of sulfonamides is 1. The predicted molar refractivity (Wildman–Crippen MR) is 87.6 cm³/mol. The molecule has 1 fully saturated rings. The third-order valence-electron chi connectivity index (χ3n) is 4.46. The Labute approximate surface area is 139 Å². The minimum atomic E-state index is -3.68. The fourth-order valence-corrected chi connectivity index (χ4v) is 4.61. The molecule has 7 nitrogen and oxygen atoms in total.